The van der Waals surface area contributed by atoms with Crippen molar-refractivity contribution in [3.63, 3.8) is 0 Å². The molecule has 0 aromatic heterocycles. The van der Waals surface area contributed by atoms with E-state index in [2.05, 4.69) is 10.6 Å². The zero-order valence-electron chi connectivity index (χ0n) is 12.0. The summed E-state index contributed by atoms with van der Waals surface area (Å²) in [6.07, 6.45) is 4.01. The number of nitrogens with zero attached hydrogens (tertiary/aromatic N) is 1. The zero-order valence-corrected chi connectivity index (χ0v) is 12.0. The Kier molecular flexibility index (Phi) is 6.27. The zero-order chi connectivity index (χ0) is 15.1. The van der Waals surface area contributed by atoms with Crippen molar-refractivity contribution in [1.82, 2.24) is 15.5 Å². The van der Waals surface area contributed by atoms with Crippen molar-refractivity contribution in [1.29, 1.82) is 0 Å². The van der Waals surface area contributed by atoms with E-state index in [1.54, 1.807) is 14.1 Å². The molecule has 20 heavy (non-hydrogen) atoms. The number of carboxylic acids is 1. The lowest BCUT2D eigenvalue weighted by Gasteiger charge is -2.23. The van der Waals surface area contributed by atoms with Crippen LogP contribution in [0, 0.1) is 5.92 Å². The molecule has 0 spiro atoms. The van der Waals surface area contributed by atoms with Gasteiger partial charge in [0.1, 0.15) is 0 Å². The average molecular weight is 285 g/mol. The maximum Gasteiger partial charge on any atom is 0.315 e. The molecule has 0 radical (unpaired) electrons. The molecule has 7 nitrogen and oxygen atoms in total. The monoisotopic (exact) mass is 285 g/mol. The molecule has 3 N–H and O–H groups in total. The van der Waals surface area contributed by atoms with Crippen LogP contribution in [0.5, 0.6) is 0 Å². The summed E-state index contributed by atoms with van der Waals surface area (Å²) in [5, 5.41) is 14.3. The standard InChI is InChI=1S/C13H23N3O4/c1-16(2)11(17)8-14-13(20)15-10-7-5-3-4-6-9(10)12(18)19/h9-10H,3-8H2,1-2H3,(H,18,19)(H2,14,15,20). The first-order valence-electron chi connectivity index (χ1n) is 6.89. The topological polar surface area (TPSA) is 98.7 Å². The fourth-order valence-corrected chi connectivity index (χ4v) is 2.31. The number of hydrogen-bond donors (Lipinski definition) is 3. The van der Waals surface area contributed by atoms with Gasteiger partial charge in [-0.3, -0.25) is 9.59 Å². The maximum absolute atomic E-state index is 11.7. The fraction of sp³-hybridized carbons (Fsp3) is 0.769. The largest absolute Gasteiger partial charge is 0.481 e. The van der Waals surface area contributed by atoms with E-state index in [4.69, 9.17) is 0 Å². The minimum Gasteiger partial charge on any atom is -0.481 e. The van der Waals surface area contributed by atoms with Crippen molar-refractivity contribution in [3.8, 4) is 0 Å². The van der Waals surface area contributed by atoms with Crippen LogP contribution in [0.2, 0.25) is 0 Å². The molecule has 1 aliphatic carbocycles. The molecule has 1 saturated carbocycles. The van der Waals surface area contributed by atoms with Crippen LogP contribution in [-0.2, 0) is 9.59 Å². The highest BCUT2D eigenvalue weighted by molar-refractivity contribution is 5.84. The Morgan fingerprint density at radius 1 is 1.15 bits per heavy atom. The summed E-state index contributed by atoms with van der Waals surface area (Å²) in [5.41, 5.74) is 0. The minimum absolute atomic E-state index is 0.0940. The lowest BCUT2D eigenvalue weighted by Crippen LogP contribution is -2.49. The second-order valence-corrected chi connectivity index (χ2v) is 5.30. The van der Waals surface area contributed by atoms with Crippen molar-refractivity contribution in [2.24, 2.45) is 5.92 Å². The Morgan fingerprint density at radius 2 is 1.80 bits per heavy atom. The van der Waals surface area contributed by atoms with E-state index in [0.29, 0.717) is 12.8 Å². The van der Waals surface area contributed by atoms with Gasteiger partial charge in [0.05, 0.1) is 12.5 Å². The molecular weight excluding hydrogens is 262 g/mol. The van der Waals surface area contributed by atoms with E-state index < -0.39 is 17.9 Å². The van der Waals surface area contributed by atoms with Crippen LogP contribution >= 0.6 is 0 Å². The molecular formula is C13H23N3O4. The van der Waals surface area contributed by atoms with E-state index >= 15 is 0 Å². The van der Waals surface area contributed by atoms with Gasteiger partial charge in [-0.05, 0) is 12.8 Å². The van der Waals surface area contributed by atoms with Gasteiger partial charge in [0, 0.05) is 20.1 Å². The van der Waals surface area contributed by atoms with Gasteiger partial charge in [-0.15, -0.1) is 0 Å². The Bertz CT molecular complexity index is 371. The van der Waals surface area contributed by atoms with E-state index in [9.17, 15) is 19.5 Å². The first-order chi connectivity index (χ1) is 9.41. The van der Waals surface area contributed by atoms with Crippen molar-refractivity contribution in [3.05, 3.63) is 0 Å². The number of amides is 3. The molecule has 0 bridgehead atoms. The van der Waals surface area contributed by atoms with Crippen molar-refractivity contribution >= 4 is 17.9 Å². The van der Waals surface area contributed by atoms with E-state index in [-0.39, 0.29) is 18.5 Å². The van der Waals surface area contributed by atoms with Crippen LogP contribution in [0.25, 0.3) is 0 Å². The van der Waals surface area contributed by atoms with Crippen molar-refractivity contribution in [2.75, 3.05) is 20.6 Å². The number of carbonyl (C=O) groups excluding carboxylic acids is 2. The Labute approximate surface area is 118 Å². The predicted molar refractivity (Wildman–Crippen MR) is 73.2 cm³/mol. The molecule has 1 rings (SSSR count). The number of aliphatic carboxylic acids is 1. The Hall–Kier alpha value is -1.79. The van der Waals surface area contributed by atoms with E-state index in [1.165, 1.54) is 4.90 Å². The van der Waals surface area contributed by atoms with Crippen LogP contribution in [0.15, 0.2) is 0 Å². The third-order valence-corrected chi connectivity index (χ3v) is 3.55. The summed E-state index contributed by atoms with van der Waals surface area (Å²) in [6, 6.07) is -0.859. The van der Waals surface area contributed by atoms with Crippen molar-refractivity contribution < 1.29 is 19.5 Å². The van der Waals surface area contributed by atoms with Gasteiger partial charge in [-0.1, -0.05) is 19.3 Å². The van der Waals surface area contributed by atoms with Gasteiger partial charge < -0.3 is 20.6 Å². The molecule has 0 aliphatic heterocycles. The highest BCUT2D eigenvalue weighted by atomic mass is 16.4. The van der Waals surface area contributed by atoms with Gasteiger partial charge in [0.25, 0.3) is 0 Å². The predicted octanol–water partition coefficient (Wildman–Crippen LogP) is 0.407. The third-order valence-electron chi connectivity index (χ3n) is 3.55. The summed E-state index contributed by atoms with van der Waals surface area (Å²) in [6.45, 7) is -0.0940. The summed E-state index contributed by atoms with van der Waals surface area (Å²) in [4.78, 5) is 35.7. The average Bonchev–Trinajstić information content (AvgIpc) is 2.61. The number of nitrogens with one attached hydrogen (secondary N) is 2. The fourth-order valence-electron chi connectivity index (χ4n) is 2.31. The lowest BCUT2D eigenvalue weighted by atomic mass is 9.95. The highest BCUT2D eigenvalue weighted by Gasteiger charge is 2.30. The number of urea groups is 1. The smallest absolute Gasteiger partial charge is 0.315 e. The molecule has 0 saturated heterocycles. The molecule has 1 aliphatic rings. The first kappa shape index (κ1) is 16.3. The molecule has 2 unspecified atom stereocenters. The van der Waals surface area contributed by atoms with Gasteiger partial charge in [0.15, 0.2) is 0 Å². The third kappa shape index (κ3) is 5.07. The molecule has 0 heterocycles. The van der Waals surface area contributed by atoms with Crippen LogP contribution in [0.4, 0.5) is 4.79 Å². The van der Waals surface area contributed by atoms with Crippen LogP contribution in [-0.4, -0.2) is 54.6 Å². The van der Waals surface area contributed by atoms with Crippen LogP contribution < -0.4 is 10.6 Å². The van der Waals surface area contributed by atoms with Gasteiger partial charge in [-0.25, -0.2) is 4.79 Å². The molecule has 2 atom stereocenters. The second kappa shape index (κ2) is 7.72. The minimum atomic E-state index is -0.874. The van der Waals surface area contributed by atoms with Crippen LogP contribution in [0.1, 0.15) is 32.1 Å². The maximum atomic E-state index is 11.7. The summed E-state index contributed by atoms with van der Waals surface area (Å²) >= 11 is 0. The summed E-state index contributed by atoms with van der Waals surface area (Å²) < 4.78 is 0. The van der Waals surface area contributed by atoms with E-state index in [1.807, 2.05) is 0 Å². The number of carbonyl (C=O) groups is 3. The Balaban J connectivity index is 2.49. The molecule has 0 aromatic rings. The van der Waals surface area contributed by atoms with Gasteiger partial charge in [-0.2, -0.15) is 0 Å². The second-order valence-electron chi connectivity index (χ2n) is 5.30. The number of likely N-dealkylation sites (N-methyl/N-ethyl adjacent to an activating group) is 1. The van der Waals surface area contributed by atoms with Crippen molar-refractivity contribution in [2.45, 2.75) is 38.1 Å². The lowest BCUT2D eigenvalue weighted by molar-refractivity contribution is -0.142. The normalized spacial score (nSPS) is 22.5. The molecule has 0 aromatic carbocycles. The molecule has 1 fully saturated rings. The highest BCUT2D eigenvalue weighted by Crippen LogP contribution is 2.23. The Morgan fingerprint density at radius 3 is 2.40 bits per heavy atom. The summed E-state index contributed by atoms with van der Waals surface area (Å²) in [7, 11) is 3.21. The molecule has 114 valence electrons. The molecule has 7 heteroatoms. The summed E-state index contributed by atoms with van der Waals surface area (Å²) in [5.74, 6) is -1.63. The molecule has 3 amide bonds. The quantitative estimate of drug-likeness (QED) is 0.651. The number of rotatable bonds is 4. The van der Waals surface area contributed by atoms with E-state index in [0.717, 1.165) is 19.3 Å². The van der Waals surface area contributed by atoms with Gasteiger partial charge >= 0.3 is 12.0 Å². The number of hydrogen-bond acceptors (Lipinski definition) is 3. The number of carboxylic acid groups (broad SMARTS) is 1. The van der Waals surface area contributed by atoms with Gasteiger partial charge in [0.2, 0.25) is 5.91 Å². The first-order valence-corrected chi connectivity index (χ1v) is 6.89. The SMILES string of the molecule is CN(C)C(=O)CNC(=O)NC1CCCCCC1C(=O)O. The van der Waals surface area contributed by atoms with Crippen LogP contribution in [0.3, 0.4) is 0 Å².